The Balaban J connectivity index is 4.32. The van der Waals surface area contributed by atoms with Gasteiger partial charge in [-0.05, 0) is 12.8 Å². The summed E-state index contributed by atoms with van der Waals surface area (Å²) >= 11 is 0. The van der Waals surface area contributed by atoms with E-state index in [2.05, 4.69) is 10.6 Å². The van der Waals surface area contributed by atoms with E-state index in [9.17, 15) is 14.4 Å². The molecule has 6 heteroatoms. The fourth-order valence-electron chi connectivity index (χ4n) is 1.31. The molecule has 0 aliphatic rings. The minimum atomic E-state index is -1.03. The van der Waals surface area contributed by atoms with Crippen LogP contribution in [0.5, 0.6) is 0 Å². The van der Waals surface area contributed by atoms with Crippen molar-refractivity contribution in [2.75, 3.05) is 6.54 Å². The minimum Gasteiger partial charge on any atom is -0.481 e. The van der Waals surface area contributed by atoms with Crippen LogP contribution in [-0.2, 0) is 14.4 Å². The molecular formula is C13H24N2O4. The number of hydrogen-bond acceptors (Lipinski definition) is 3. The van der Waals surface area contributed by atoms with Gasteiger partial charge in [-0.1, -0.05) is 27.7 Å². The molecule has 6 nitrogen and oxygen atoms in total. The van der Waals surface area contributed by atoms with E-state index in [0.717, 1.165) is 0 Å². The number of carbonyl (C=O) groups is 3. The molecule has 0 bridgehead atoms. The first kappa shape index (κ1) is 17.4. The molecule has 0 radical (unpaired) electrons. The first-order chi connectivity index (χ1) is 8.66. The topological polar surface area (TPSA) is 95.5 Å². The normalized spacial score (nSPS) is 15.5. The predicted octanol–water partition coefficient (Wildman–Crippen LogP) is 0.620. The van der Waals surface area contributed by atoms with Crippen molar-refractivity contribution in [3.63, 3.8) is 0 Å². The second kappa shape index (κ2) is 7.76. The van der Waals surface area contributed by atoms with Gasteiger partial charge in [0.25, 0.3) is 0 Å². The molecule has 110 valence electrons. The van der Waals surface area contributed by atoms with E-state index in [0.29, 0.717) is 12.5 Å². The average molecular weight is 272 g/mol. The van der Waals surface area contributed by atoms with Gasteiger partial charge < -0.3 is 15.7 Å². The zero-order chi connectivity index (χ0) is 15.2. The van der Waals surface area contributed by atoms with Gasteiger partial charge in [-0.2, -0.15) is 0 Å². The van der Waals surface area contributed by atoms with E-state index in [1.54, 1.807) is 6.92 Å². The second-order valence-corrected chi connectivity index (χ2v) is 5.28. The standard InChI is InChI=1S/C13H24N2O4/c1-7(2)6-14-12(17)10(5)15-11(16)8(3)9(4)13(18)19/h7-10H,6H2,1-5H3,(H,14,17)(H,15,16)(H,18,19). The second-order valence-electron chi connectivity index (χ2n) is 5.28. The van der Waals surface area contributed by atoms with Gasteiger partial charge in [0.2, 0.25) is 11.8 Å². The maximum absolute atomic E-state index is 11.8. The highest BCUT2D eigenvalue weighted by Gasteiger charge is 2.27. The van der Waals surface area contributed by atoms with Crippen LogP contribution in [0.3, 0.4) is 0 Å². The molecule has 0 aromatic carbocycles. The largest absolute Gasteiger partial charge is 0.481 e. The summed E-state index contributed by atoms with van der Waals surface area (Å²) in [5.41, 5.74) is 0. The Morgan fingerprint density at radius 2 is 1.47 bits per heavy atom. The Bertz CT molecular complexity index is 342. The van der Waals surface area contributed by atoms with Crippen LogP contribution in [0, 0.1) is 17.8 Å². The smallest absolute Gasteiger partial charge is 0.307 e. The first-order valence-corrected chi connectivity index (χ1v) is 6.47. The third kappa shape index (κ3) is 6.22. The van der Waals surface area contributed by atoms with Crippen molar-refractivity contribution in [1.82, 2.24) is 10.6 Å². The average Bonchev–Trinajstić information content (AvgIpc) is 2.33. The van der Waals surface area contributed by atoms with E-state index in [1.165, 1.54) is 13.8 Å². The summed E-state index contributed by atoms with van der Waals surface area (Å²) in [5.74, 6) is -2.86. The van der Waals surface area contributed by atoms with Gasteiger partial charge in [0.05, 0.1) is 5.92 Å². The van der Waals surface area contributed by atoms with Crippen molar-refractivity contribution >= 4 is 17.8 Å². The molecule has 0 aliphatic carbocycles. The quantitative estimate of drug-likeness (QED) is 0.633. The van der Waals surface area contributed by atoms with Gasteiger partial charge >= 0.3 is 5.97 Å². The lowest BCUT2D eigenvalue weighted by Gasteiger charge is -2.19. The lowest BCUT2D eigenvalue weighted by molar-refractivity contribution is -0.146. The van der Waals surface area contributed by atoms with E-state index < -0.39 is 29.8 Å². The van der Waals surface area contributed by atoms with E-state index in [1.807, 2.05) is 13.8 Å². The van der Waals surface area contributed by atoms with Gasteiger partial charge in [0.1, 0.15) is 6.04 Å². The molecule has 0 heterocycles. The number of carboxylic acid groups (broad SMARTS) is 1. The summed E-state index contributed by atoms with van der Waals surface area (Å²) in [5, 5.41) is 14.1. The van der Waals surface area contributed by atoms with Crippen molar-refractivity contribution in [2.24, 2.45) is 17.8 Å². The molecule has 2 amide bonds. The Morgan fingerprint density at radius 1 is 0.947 bits per heavy atom. The van der Waals surface area contributed by atoms with Crippen molar-refractivity contribution in [3.8, 4) is 0 Å². The van der Waals surface area contributed by atoms with E-state index >= 15 is 0 Å². The molecule has 3 N–H and O–H groups in total. The Kier molecular flexibility index (Phi) is 7.11. The lowest BCUT2D eigenvalue weighted by atomic mass is 9.95. The molecule has 3 atom stereocenters. The molecular weight excluding hydrogens is 248 g/mol. The Morgan fingerprint density at radius 3 is 1.89 bits per heavy atom. The third-order valence-electron chi connectivity index (χ3n) is 2.99. The summed E-state index contributed by atoms with van der Waals surface area (Å²) in [7, 11) is 0. The van der Waals surface area contributed by atoms with Crippen LogP contribution in [0.4, 0.5) is 0 Å². The van der Waals surface area contributed by atoms with Crippen molar-refractivity contribution in [1.29, 1.82) is 0 Å². The van der Waals surface area contributed by atoms with Crippen LogP contribution in [-0.4, -0.2) is 35.5 Å². The molecule has 0 spiro atoms. The maximum Gasteiger partial charge on any atom is 0.307 e. The predicted molar refractivity (Wildman–Crippen MR) is 71.4 cm³/mol. The summed E-state index contributed by atoms with van der Waals surface area (Å²) < 4.78 is 0. The summed E-state index contributed by atoms with van der Waals surface area (Å²) in [6.45, 7) is 9.06. The van der Waals surface area contributed by atoms with Gasteiger partial charge in [0.15, 0.2) is 0 Å². The molecule has 0 aromatic rings. The van der Waals surface area contributed by atoms with Crippen molar-refractivity contribution in [2.45, 2.75) is 40.7 Å². The van der Waals surface area contributed by atoms with Gasteiger partial charge in [-0.25, -0.2) is 0 Å². The highest BCUT2D eigenvalue weighted by molar-refractivity contribution is 5.89. The van der Waals surface area contributed by atoms with Crippen LogP contribution < -0.4 is 10.6 Å². The molecule has 0 aromatic heterocycles. The van der Waals surface area contributed by atoms with Crippen LogP contribution in [0.25, 0.3) is 0 Å². The molecule has 0 aliphatic heterocycles. The zero-order valence-corrected chi connectivity index (χ0v) is 12.2. The van der Waals surface area contributed by atoms with Crippen LogP contribution in [0.1, 0.15) is 34.6 Å². The van der Waals surface area contributed by atoms with Crippen LogP contribution in [0.2, 0.25) is 0 Å². The van der Waals surface area contributed by atoms with Crippen LogP contribution >= 0.6 is 0 Å². The number of carbonyl (C=O) groups excluding carboxylic acids is 2. The SMILES string of the molecule is CC(C)CNC(=O)C(C)NC(=O)C(C)C(C)C(=O)O. The fourth-order valence-corrected chi connectivity index (χ4v) is 1.31. The molecule has 3 unspecified atom stereocenters. The molecule has 0 fully saturated rings. The monoisotopic (exact) mass is 272 g/mol. The van der Waals surface area contributed by atoms with E-state index in [-0.39, 0.29) is 5.91 Å². The first-order valence-electron chi connectivity index (χ1n) is 6.47. The fraction of sp³-hybridized carbons (Fsp3) is 0.769. The van der Waals surface area contributed by atoms with Gasteiger partial charge in [0, 0.05) is 12.5 Å². The zero-order valence-electron chi connectivity index (χ0n) is 12.2. The van der Waals surface area contributed by atoms with Gasteiger partial charge in [-0.15, -0.1) is 0 Å². The highest BCUT2D eigenvalue weighted by atomic mass is 16.4. The molecule has 0 saturated carbocycles. The molecule has 0 rings (SSSR count). The lowest BCUT2D eigenvalue weighted by Crippen LogP contribution is -2.48. The summed E-state index contributed by atoms with van der Waals surface area (Å²) in [6.07, 6.45) is 0. The van der Waals surface area contributed by atoms with Crippen LogP contribution in [0.15, 0.2) is 0 Å². The highest BCUT2D eigenvalue weighted by Crippen LogP contribution is 2.11. The summed E-state index contributed by atoms with van der Waals surface area (Å²) in [4.78, 5) is 34.2. The number of rotatable bonds is 7. The summed E-state index contributed by atoms with van der Waals surface area (Å²) in [6, 6.07) is -0.672. The van der Waals surface area contributed by atoms with Crippen molar-refractivity contribution < 1.29 is 19.5 Å². The third-order valence-corrected chi connectivity index (χ3v) is 2.99. The number of carboxylic acids is 1. The maximum atomic E-state index is 11.8. The molecule has 0 saturated heterocycles. The minimum absolute atomic E-state index is 0.266. The number of hydrogen-bond donors (Lipinski definition) is 3. The number of nitrogens with one attached hydrogen (secondary N) is 2. The Labute approximate surface area is 113 Å². The molecule has 19 heavy (non-hydrogen) atoms. The number of amides is 2. The van der Waals surface area contributed by atoms with Gasteiger partial charge in [-0.3, -0.25) is 14.4 Å². The van der Waals surface area contributed by atoms with Crippen molar-refractivity contribution in [3.05, 3.63) is 0 Å². The Hall–Kier alpha value is -1.59. The van der Waals surface area contributed by atoms with E-state index in [4.69, 9.17) is 5.11 Å². The number of aliphatic carboxylic acids is 1.